The fraction of sp³-hybridized carbons (Fsp3) is 0.304. The van der Waals surface area contributed by atoms with Crippen LogP contribution in [0.25, 0.3) is 0 Å². The number of rotatable bonds is 8. The summed E-state index contributed by atoms with van der Waals surface area (Å²) in [4.78, 5) is 49.4. The van der Waals surface area contributed by atoms with Crippen LogP contribution in [-0.2, 0) is 31.5 Å². The third kappa shape index (κ3) is 7.66. The van der Waals surface area contributed by atoms with Gasteiger partial charge in [0.15, 0.2) is 0 Å². The molecule has 2 aromatic rings. The quantitative estimate of drug-likeness (QED) is 0.388. The number of carbonyl (C=O) groups excluding carboxylic acids is 4. The zero-order valence-corrected chi connectivity index (χ0v) is 18.4. The Hall–Kier alpha value is -3.70. The molecule has 12 heteroatoms. The molecule has 0 heterocycles. The molecule has 6 nitrogen and oxygen atoms in total. The molecule has 0 spiro atoms. The Balaban J connectivity index is 2.21. The zero-order chi connectivity index (χ0) is 26.6. The maximum Gasteiger partial charge on any atom is 0.416 e. The summed E-state index contributed by atoms with van der Waals surface area (Å²) < 4.78 is 77.4. The van der Waals surface area contributed by atoms with E-state index in [0.29, 0.717) is 12.1 Å². The maximum atomic E-state index is 12.9. The third-order valence-electron chi connectivity index (χ3n) is 5.00. The van der Waals surface area contributed by atoms with Gasteiger partial charge in [0.1, 0.15) is 11.6 Å². The highest BCUT2D eigenvalue weighted by Crippen LogP contribution is 2.32. The minimum atomic E-state index is -4.68. The molecule has 2 N–H and O–H groups in total. The van der Waals surface area contributed by atoms with Gasteiger partial charge in [-0.2, -0.15) is 26.3 Å². The van der Waals surface area contributed by atoms with Crippen LogP contribution in [0.4, 0.5) is 37.7 Å². The molecule has 0 saturated carbocycles. The van der Waals surface area contributed by atoms with Crippen molar-refractivity contribution in [3.63, 3.8) is 0 Å². The van der Waals surface area contributed by atoms with Crippen LogP contribution in [0.5, 0.6) is 0 Å². The van der Waals surface area contributed by atoms with Gasteiger partial charge in [-0.1, -0.05) is 12.1 Å². The van der Waals surface area contributed by atoms with Crippen molar-refractivity contribution in [1.82, 2.24) is 0 Å². The highest BCUT2D eigenvalue weighted by molar-refractivity contribution is 6.10. The number of halogens is 6. The number of ketones is 2. The van der Waals surface area contributed by atoms with Crippen molar-refractivity contribution in [3.8, 4) is 0 Å². The second kappa shape index (κ2) is 10.7. The SMILES string of the molecule is CC(=O)C(CC(C(C)=O)C(=O)Nc1cccc(C(F)(F)F)c1)C(=O)Nc1cccc(C(F)(F)F)c1. The number of carbonyl (C=O) groups is 4. The van der Waals surface area contributed by atoms with Gasteiger partial charge in [0.05, 0.1) is 23.0 Å². The highest BCUT2D eigenvalue weighted by atomic mass is 19.4. The van der Waals surface area contributed by atoms with Gasteiger partial charge in [-0.15, -0.1) is 0 Å². The number of hydrogen-bond donors (Lipinski definition) is 2. The van der Waals surface area contributed by atoms with E-state index < -0.39 is 65.1 Å². The number of anilines is 2. The van der Waals surface area contributed by atoms with E-state index in [-0.39, 0.29) is 11.4 Å². The Labute approximate surface area is 195 Å². The third-order valence-corrected chi connectivity index (χ3v) is 5.00. The van der Waals surface area contributed by atoms with Gasteiger partial charge in [-0.05, 0) is 56.7 Å². The smallest absolute Gasteiger partial charge is 0.325 e. The molecule has 0 radical (unpaired) electrons. The minimum Gasteiger partial charge on any atom is -0.325 e. The van der Waals surface area contributed by atoms with Gasteiger partial charge in [0.2, 0.25) is 11.8 Å². The zero-order valence-electron chi connectivity index (χ0n) is 18.4. The lowest BCUT2D eigenvalue weighted by Gasteiger charge is -2.20. The van der Waals surface area contributed by atoms with Gasteiger partial charge in [0, 0.05) is 11.4 Å². The summed E-state index contributed by atoms with van der Waals surface area (Å²) in [5.41, 5.74) is -2.61. The summed E-state index contributed by atoms with van der Waals surface area (Å²) in [7, 11) is 0. The number of amides is 2. The largest absolute Gasteiger partial charge is 0.416 e. The van der Waals surface area contributed by atoms with Crippen molar-refractivity contribution in [1.29, 1.82) is 0 Å². The van der Waals surface area contributed by atoms with Crippen molar-refractivity contribution in [2.45, 2.75) is 32.6 Å². The van der Waals surface area contributed by atoms with E-state index in [0.717, 1.165) is 50.2 Å². The summed E-state index contributed by atoms with van der Waals surface area (Å²) in [6.07, 6.45) is -10.00. The molecule has 2 atom stereocenters. The van der Waals surface area contributed by atoms with E-state index in [1.807, 2.05) is 0 Å². The summed E-state index contributed by atoms with van der Waals surface area (Å²) >= 11 is 0. The fourth-order valence-electron chi connectivity index (χ4n) is 3.16. The molecule has 0 aromatic heterocycles. The van der Waals surface area contributed by atoms with E-state index in [1.54, 1.807) is 0 Å². The van der Waals surface area contributed by atoms with Crippen LogP contribution in [0, 0.1) is 11.8 Å². The normalized spacial score (nSPS) is 13.5. The monoisotopic (exact) mass is 502 g/mol. The molecule has 0 saturated heterocycles. The van der Waals surface area contributed by atoms with Crippen LogP contribution in [0.2, 0.25) is 0 Å². The molecule has 35 heavy (non-hydrogen) atoms. The van der Waals surface area contributed by atoms with Crippen molar-refractivity contribution < 1.29 is 45.5 Å². The lowest BCUT2D eigenvalue weighted by atomic mass is 9.88. The predicted molar refractivity (Wildman–Crippen MR) is 113 cm³/mol. The number of alkyl halides is 6. The summed E-state index contributed by atoms with van der Waals surface area (Å²) in [6, 6.07) is 7.27. The summed E-state index contributed by atoms with van der Waals surface area (Å²) in [5.74, 6) is -6.82. The predicted octanol–water partition coefficient (Wildman–Crippen LogP) is 5.10. The van der Waals surface area contributed by atoms with Gasteiger partial charge >= 0.3 is 12.4 Å². The highest BCUT2D eigenvalue weighted by Gasteiger charge is 2.35. The maximum absolute atomic E-state index is 12.9. The van der Waals surface area contributed by atoms with Crippen LogP contribution in [0.3, 0.4) is 0 Å². The second-order valence-electron chi connectivity index (χ2n) is 7.70. The summed E-state index contributed by atoms with van der Waals surface area (Å²) in [5, 5.41) is 4.33. The van der Waals surface area contributed by atoms with E-state index in [1.165, 1.54) is 0 Å². The molecule has 188 valence electrons. The molecular formula is C23H20F6N2O4. The number of nitrogens with one attached hydrogen (secondary N) is 2. The van der Waals surface area contributed by atoms with Gasteiger partial charge in [0.25, 0.3) is 0 Å². The van der Waals surface area contributed by atoms with E-state index >= 15 is 0 Å². The van der Waals surface area contributed by atoms with Crippen LogP contribution in [-0.4, -0.2) is 23.4 Å². The number of hydrogen-bond acceptors (Lipinski definition) is 4. The Bertz CT molecular complexity index is 1040. The Morgan fingerprint density at radius 3 is 1.31 bits per heavy atom. The Kier molecular flexibility index (Phi) is 8.42. The van der Waals surface area contributed by atoms with Crippen LogP contribution < -0.4 is 10.6 Å². The number of Topliss-reactive ketones (excluding diaryl/α,β-unsaturated/α-hetero) is 2. The molecule has 0 aliphatic carbocycles. The average molecular weight is 502 g/mol. The Morgan fingerprint density at radius 2 is 1.03 bits per heavy atom. The average Bonchev–Trinajstić information content (AvgIpc) is 2.72. The first-order valence-electron chi connectivity index (χ1n) is 10.1. The van der Waals surface area contributed by atoms with Gasteiger partial charge in [-0.25, -0.2) is 0 Å². The standard InChI is InChI=1S/C23H20F6N2O4/c1-12(32)18(20(34)30-16-7-3-5-14(9-16)22(24,25)26)11-19(13(2)33)21(35)31-17-8-4-6-15(10-17)23(27,28)29/h3-10,18-19H,11H2,1-2H3,(H,30,34)(H,31,35). The van der Waals surface area contributed by atoms with Crippen molar-refractivity contribution in [3.05, 3.63) is 59.7 Å². The minimum absolute atomic E-state index is 0.260. The fourth-order valence-corrected chi connectivity index (χ4v) is 3.16. The first-order chi connectivity index (χ1) is 16.1. The lowest BCUT2D eigenvalue weighted by Crippen LogP contribution is -2.36. The molecule has 2 amide bonds. The first kappa shape index (κ1) is 27.5. The molecule has 0 fully saturated rings. The molecule has 0 aliphatic heterocycles. The van der Waals surface area contributed by atoms with E-state index in [2.05, 4.69) is 10.6 Å². The van der Waals surface area contributed by atoms with Crippen molar-refractivity contribution in [2.75, 3.05) is 10.6 Å². The van der Waals surface area contributed by atoms with E-state index in [9.17, 15) is 45.5 Å². The van der Waals surface area contributed by atoms with Crippen molar-refractivity contribution >= 4 is 34.8 Å². The number of benzene rings is 2. The lowest BCUT2D eigenvalue weighted by molar-refractivity contribution is -0.138. The summed E-state index contributed by atoms with van der Waals surface area (Å²) in [6.45, 7) is 2.00. The van der Waals surface area contributed by atoms with Crippen LogP contribution >= 0.6 is 0 Å². The van der Waals surface area contributed by atoms with Crippen molar-refractivity contribution in [2.24, 2.45) is 11.8 Å². The molecule has 0 bridgehead atoms. The van der Waals surface area contributed by atoms with Gasteiger partial charge < -0.3 is 10.6 Å². The molecule has 0 aliphatic rings. The topological polar surface area (TPSA) is 92.3 Å². The van der Waals surface area contributed by atoms with Crippen LogP contribution in [0.1, 0.15) is 31.4 Å². The Morgan fingerprint density at radius 1 is 0.686 bits per heavy atom. The van der Waals surface area contributed by atoms with E-state index in [4.69, 9.17) is 0 Å². The molecule has 2 aromatic carbocycles. The van der Waals surface area contributed by atoms with Gasteiger partial charge in [-0.3, -0.25) is 19.2 Å². The second-order valence-corrected chi connectivity index (χ2v) is 7.70. The molecule has 2 unspecified atom stereocenters. The van der Waals surface area contributed by atoms with Crippen LogP contribution in [0.15, 0.2) is 48.5 Å². The molecular weight excluding hydrogens is 482 g/mol. The first-order valence-corrected chi connectivity index (χ1v) is 10.1. The molecule has 2 rings (SSSR count).